The van der Waals surface area contributed by atoms with Gasteiger partial charge in [-0.2, -0.15) is 5.10 Å². The summed E-state index contributed by atoms with van der Waals surface area (Å²) in [5.41, 5.74) is 3.61. The second kappa shape index (κ2) is 8.88. The Morgan fingerprint density at radius 2 is 1.90 bits per heavy atom. The van der Waals surface area contributed by atoms with Gasteiger partial charge in [-0.1, -0.05) is 26.8 Å². The van der Waals surface area contributed by atoms with Gasteiger partial charge in [0.05, 0.1) is 5.69 Å². The first-order valence-electron chi connectivity index (χ1n) is 11.4. The van der Waals surface area contributed by atoms with Gasteiger partial charge in [-0.05, 0) is 48.4 Å². The number of anilines is 1. The van der Waals surface area contributed by atoms with E-state index >= 15 is 4.39 Å². The van der Waals surface area contributed by atoms with E-state index in [-0.39, 0.29) is 0 Å². The summed E-state index contributed by atoms with van der Waals surface area (Å²) in [4.78, 5) is 4.78. The number of aryl methyl sites for hydroxylation is 1. The molecule has 1 aliphatic heterocycles. The first kappa shape index (κ1) is 21.6. The van der Waals surface area contributed by atoms with Gasteiger partial charge >= 0.3 is 0 Å². The summed E-state index contributed by atoms with van der Waals surface area (Å²) in [5, 5.41) is 5.01. The van der Waals surface area contributed by atoms with E-state index in [2.05, 4.69) is 52.6 Å². The molecule has 1 unspecified atom stereocenters. The Hall–Kier alpha value is -1.59. The number of aromatic nitrogens is 2. The van der Waals surface area contributed by atoms with Crippen LogP contribution in [0.4, 0.5) is 10.2 Å². The fourth-order valence-corrected chi connectivity index (χ4v) is 4.96. The zero-order valence-corrected chi connectivity index (χ0v) is 19.3. The predicted octanol–water partition coefficient (Wildman–Crippen LogP) is 4.96. The second-order valence-electron chi connectivity index (χ2n) is 9.15. The lowest BCUT2D eigenvalue weighted by Crippen LogP contribution is -2.47. The van der Waals surface area contributed by atoms with Gasteiger partial charge in [0.15, 0.2) is 5.82 Å². The predicted molar refractivity (Wildman–Crippen MR) is 123 cm³/mol. The fourth-order valence-electron chi connectivity index (χ4n) is 4.72. The normalized spacial score (nSPS) is 22.5. The first-order valence-corrected chi connectivity index (χ1v) is 11.9. The van der Waals surface area contributed by atoms with E-state index in [1.54, 1.807) is 0 Å². The number of alkyl halides is 2. The van der Waals surface area contributed by atoms with Gasteiger partial charge in [-0.15, -0.1) is 11.6 Å². The molecule has 1 aromatic heterocycles. The third-order valence-corrected chi connectivity index (χ3v) is 7.00. The maximum Gasteiger partial charge on any atom is 0.151 e. The molecule has 1 aromatic carbocycles. The minimum atomic E-state index is -1.06. The second-order valence-corrected chi connectivity index (χ2v) is 9.52. The molecule has 1 atom stereocenters. The Kier molecular flexibility index (Phi) is 6.40. The average molecular weight is 433 g/mol. The summed E-state index contributed by atoms with van der Waals surface area (Å²) in [5.74, 6) is 2.08. The van der Waals surface area contributed by atoms with Crippen molar-refractivity contribution in [1.29, 1.82) is 0 Å². The molecule has 2 aliphatic rings. The maximum atomic E-state index is 15.0. The van der Waals surface area contributed by atoms with Crippen molar-refractivity contribution >= 4 is 17.4 Å². The molecule has 1 fully saturated rings. The molecular formula is C24H34ClFN4. The summed E-state index contributed by atoms with van der Waals surface area (Å²) in [6, 6.07) is 8.72. The quantitative estimate of drug-likeness (QED) is 0.602. The van der Waals surface area contributed by atoms with Crippen molar-refractivity contribution in [2.45, 2.75) is 58.0 Å². The number of rotatable bonds is 6. The molecule has 0 spiro atoms. The maximum absolute atomic E-state index is 15.0. The number of fused-ring (bicyclic) bond motifs is 1. The molecule has 4 rings (SSSR count). The molecule has 30 heavy (non-hydrogen) atoms. The molecule has 164 valence electrons. The lowest BCUT2D eigenvalue weighted by molar-refractivity contribution is 0.136. The van der Waals surface area contributed by atoms with Crippen LogP contribution in [-0.2, 0) is 12.8 Å². The molecule has 2 heterocycles. The minimum Gasteiger partial charge on any atom is -0.353 e. The van der Waals surface area contributed by atoms with E-state index < -0.39 is 5.67 Å². The van der Waals surface area contributed by atoms with Gasteiger partial charge in [-0.3, -0.25) is 4.90 Å². The van der Waals surface area contributed by atoms with Crippen LogP contribution in [0.15, 0.2) is 24.3 Å². The molecule has 0 bridgehead atoms. The van der Waals surface area contributed by atoms with Gasteiger partial charge < -0.3 is 4.90 Å². The number of nitrogens with zero attached hydrogens (tertiary/aromatic N) is 4. The van der Waals surface area contributed by atoms with E-state index in [1.807, 2.05) is 6.92 Å². The highest BCUT2D eigenvalue weighted by atomic mass is 35.5. The molecule has 1 saturated heterocycles. The topological polar surface area (TPSA) is 24.3 Å². The van der Waals surface area contributed by atoms with Gasteiger partial charge in [0, 0.05) is 56.8 Å². The Balaban J connectivity index is 1.61. The Bertz CT molecular complexity index is 872. The number of hydrogen-bond donors (Lipinski definition) is 0. The molecule has 0 N–H and O–H groups in total. The smallest absolute Gasteiger partial charge is 0.151 e. The van der Waals surface area contributed by atoms with Gasteiger partial charge in [-0.25, -0.2) is 9.07 Å². The lowest BCUT2D eigenvalue weighted by Gasteiger charge is -2.34. The number of halogens is 2. The highest BCUT2D eigenvalue weighted by Crippen LogP contribution is 2.35. The lowest BCUT2D eigenvalue weighted by atomic mass is 9.80. The Labute approximate surface area is 185 Å². The third kappa shape index (κ3) is 4.38. The van der Waals surface area contributed by atoms with Crippen LogP contribution in [0.25, 0.3) is 5.69 Å². The van der Waals surface area contributed by atoms with E-state index in [9.17, 15) is 0 Å². The Morgan fingerprint density at radius 1 is 1.13 bits per heavy atom. The van der Waals surface area contributed by atoms with Crippen molar-refractivity contribution < 1.29 is 4.39 Å². The summed E-state index contributed by atoms with van der Waals surface area (Å²) in [7, 11) is 0. The summed E-state index contributed by atoms with van der Waals surface area (Å²) in [6.45, 7) is 11.3. The number of hydrogen-bond acceptors (Lipinski definition) is 3. The first-order chi connectivity index (χ1) is 14.4. The van der Waals surface area contributed by atoms with Gasteiger partial charge in [0.1, 0.15) is 5.67 Å². The van der Waals surface area contributed by atoms with Crippen LogP contribution in [-0.4, -0.2) is 59.0 Å². The number of benzene rings is 1. The minimum absolute atomic E-state index is 0.357. The zero-order valence-electron chi connectivity index (χ0n) is 18.5. The van der Waals surface area contributed by atoms with Crippen LogP contribution in [0, 0.1) is 0 Å². The highest BCUT2D eigenvalue weighted by Gasteiger charge is 2.32. The molecule has 1 aliphatic carbocycles. The van der Waals surface area contributed by atoms with Crippen molar-refractivity contribution in [2.75, 3.05) is 43.5 Å². The van der Waals surface area contributed by atoms with E-state index in [4.69, 9.17) is 16.7 Å². The van der Waals surface area contributed by atoms with Crippen LogP contribution in [0.3, 0.4) is 0 Å². The average Bonchev–Trinajstić information content (AvgIpc) is 3.20. The monoisotopic (exact) mass is 432 g/mol. The van der Waals surface area contributed by atoms with Crippen LogP contribution < -0.4 is 4.90 Å². The molecule has 0 amide bonds. The van der Waals surface area contributed by atoms with Crippen LogP contribution in [0.1, 0.15) is 56.4 Å². The third-order valence-electron chi connectivity index (χ3n) is 6.83. The Morgan fingerprint density at radius 3 is 2.57 bits per heavy atom. The summed E-state index contributed by atoms with van der Waals surface area (Å²) in [6.07, 6.45) is 2.55. The van der Waals surface area contributed by atoms with Gasteiger partial charge in [0.2, 0.25) is 0 Å². The van der Waals surface area contributed by atoms with Crippen molar-refractivity contribution in [3.8, 4) is 5.69 Å². The largest absolute Gasteiger partial charge is 0.353 e. The molecule has 0 saturated carbocycles. The fraction of sp³-hybridized carbons (Fsp3) is 0.625. The van der Waals surface area contributed by atoms with Crippen LogP contribution >= 0.6 is 11.6 Å². The SMILES string of the molecule is CCC1(F)CCc2ccc(-n3nc(N4CCN(CCCl)CC4)cc3C(C)C)cc2C1. The van der Waals surface area contributed by atoms with Crippen molar-refractivity contribution in [1.82, 2.24) is 14.7 Å². The van der Waals surface area contributed by atoms with Crippen molar-refractivity contribution in [2.24, 2.45) is 0 Å². The standard InChI is InChI=1S/C24H34ClFN4/c1-4-24(26)8-7-19-5-6-21(15-20(19)17-24)30-22(18(2)3)16-23(27-30)29-13-11-28(10-9-25)12-14-29/h5-6,15-16,18H,4,7-14,17H2,1-3H3. The molecule has 0 radical (unpaired) electrons. The van der Waals surface area contributed by atoms with E-state index in [0.29, 0.717) is 31.1 Å². The van der Waals surface area contributed by atoms with Gasteiger partial charge in [0.25, 0.3) is 0 Å². The van der Waals surface area contributed by atoms with Crippen LogP contribution in [0.5, 0.6) is 0 Å². The number of piperazine rings is 1. The molecule has 2 aromatic rings. The molecule has 4 nitrogen and oxygen atoms in total. The summed E-state index contributed by atoms with van der Waals surface area (Å²) < 4.78 is 17.1. The van der Waals surface area contributed by atoms with Crippen LogP contribution in [0.2, 0.25) is 0 Å². The highest BCUT2D eigenvalue weighted by molar-refractivity contribution is 6.18. The van der Waals surface area contributed by atoms with E-state index in [0.717, 1.165) is 56.2 Å². The van der Waals surface area contributed by atoms with Crippen molar-refractivity contribution in [3.63, 3.8) is 0 Å². The zero-order chi connectivity index (χ0) is 21.3. The summed E-state index contributed by atoms with van der Waals surface area (Å²) >= 11 is 5.90. The van der Waals surface area contributed by atoms with E-state index in [1.165, 1.54) is 11.3 Å². The molecular weight excluding hydrogens is 399 g/mol. The molecule has 6 heteroatoms. The van der Waals surface area contributed by atoms with Crippen molar-refractivity contribution in [3.05, 3.63) is 41.1 Å².